The molecule has 5 rings (SSSR count). The Morgan fingerprint density at radius 3 is 2.81 bits per heavy atom. The second-order valence-electron chi connectivity index (χ2n) is 7.87. The number of aromatic nitrogens is 4. The first kappa shape index (κ1) is 19.9. The van der Waals surface area contributed by atoms with Crippen molar-refractivity contribution >= 4 is 33.5 Å². The van der Waals surface area contributed by atoms with Gasteiger partial charge < -0.3 is 14.9 Å². The highest BCUT2D eigenvalue weighted by Crippen LogP contribution is 2.24. The van der Waals surface area contributed by atoms with Crippen molar-refractivity contribution in [3.8, 4) is 0 Å². The summed E-state index contributed by atoms with van der Waals surface area (Å²) < 4.78 is 15.7. The van der Waals surface area contributed by atoms with Crippen molar-refractivity contribution in [2.45, 2.75) is 26.8 Å². The smallest absolute Gasteiger partial charge is 0.272 e. The van der Waals surface area contributed by atoms with Crippen LogP contribution in [-0.4, -0.2) is 25.4 Å². The van der Waals surface area contributed by atoms with Crippen molar-refractivity contribution in [2.24, 2.45) is 0 Å². The molecule has 0 aliphatic carbocycles. The number of amides is 1. The number of rotatable bonds is 5. The minimum Gasteiger partial charge on any atom is -0.342 e. The zero-order valence-electron chi connectivity index (χ0n) is 17.8. The molecule has 0 bridgehead atoms. The largest absolute Gasteiger partial charge is 0.342 e. The average Bonchev–Trinajstić information content (AvgIpc) is 3.34. The number of aryl methyl sites for hydroxylation is 2. The highest BCUT2D eigenvalue weighted by atomic mass is 19.1. The highest BCUT2D eigenvalue weighted by Gasteiger charge is 2.17. The Balaban J connectivity index is 1.52. The van der Waals surface area contributed by atoms with Gasteiger partial charge in [-0.2, -0.15) is 0 Å². The Morgan fingerprint density at radius 1 is 1.12 bits per heavy atom. The quantitative estimate of drug-likeness (QED) is 0.404. The lowest BCUT2D eigenvalue weighted by atomic mass is 10.2. The summed E-state index contributed by atoms with van der Waals surface area (Å²) in [6.45, 7) is 4.43. The van der Waals surface area contributed by atoms with Gasteiger partial charge in [0.2, 0.25) is 0 Å². The van der Waals surface area contributed by atoms with Gasteiger partial charge in [0.05, 0.1) is 23.3 Å². The van der Waals surface area contributed by atoms with Gasteiger partial charge in [0.1, 0.15) is 17.3 Å². The second-order valence-corrected chi connectivity index (χ2v) is 7.87. The summed E-state index contributed by atoms with van der Waals surface area (Å²) in [5, 5.41) is 3.64. The summed E-state index contributed by atoms with van der Waals surface area (Å²) in [5.74, 6) is 0.284. The fourth-order valence-electron chi connectivity index (χ4n) is 3.95. The van der Waals surface area contributed by atoms with E-state index in [0.29, 0.717) is 23.3 Å². The van der Waals surface area contributed by atoms with Gasteiger partial charge in [-0.3, -0.25) is 9.78 Å². The van der Waals surface area contributed by atoms with Crippen molar-refractivity contribution in [2.75, 3.05) is 5.32 Å². The minimum absolute atomic E-state index is 0.274. The van der Waals surface area contributed by atoms with Gasteiger partial charge in [-0.15, -0.1) is 0 Å². The van der Waals surface area contributed by atoms with Crippen LogP contribution in [0.1, 0.15) is 34.5 Å². The third-order valence-electron chi connectivity index (χ3n) is 5.51. The molecule has 5 aromatic rings. The molecular weight excluding hydrogens is 405 g/mol. The summed E-state index contributed by atoms with van der Waals surface area (Å²) in [7, 11) is 0. The van der Waals surface area contributed by atoms with Crippen LogP contribution in [0.25, 0.3) is 21.9 Å². The zero-order valence-corrected chi connectivity index (χ0v) is 17.8. The number of nitrogens with zero attached hydrogens (tertiary/aromatic N) is 3. The fraction of sp³-hybridized carbons (Fsp3) is 0.160. The number of hydrogen-bond acceptors (Lipinski definition) is 3. The molecular formula is C25H22FN5O. The summed E-state index contributed by atoms with van der Waals surface area (Å²) >= 11 is 0. The number of fused-ring (bicyclic) bond motifs is 2. The molecule has 0 aliphatic heterocycles. The molecule has 160 valence electrons. The Kier molecular flexibility index (Phi) is 4.93. The van der Waals surface area contributed by atoms with Crippen molar-refractivity contribution in [3.05, 3.63) is 89.4 Å². The number of benzene rings is 2. The molecule has 0 radical (unpaired) electrons. The zero-order chi connectivity index (χ0) is 22.2. The fourth-order valence-corrected chi connectivity index (χ4v) is 3.95. The molecule has 0 unspecified atom stereocenters. The van der Waals surface area contributed by atoms with Gasteiger partial charge in [-0.05, 0) is 67.1 Å². The van der Waals surface area contributed by atoms with E-state index < -0.39 is 0 Å². The number of hydrogen-bond donors (Lipinski definition) is 2. The van der Waals surface area contributed by atoms with Crippen LogP contribution in [0, 0.1) is 12.7 Å². The molecule has 0 fully saturated rings. The van der Waals surface area contributed by atoms with E-state index in [4.69, 9.17) is 0 Å². The maximum atomic E-state index is 13.9. The van der Waals surface area contributed by atoms with E-state index in [2.05, 4.69) is 20.3 Å². The molecule has 1 amide bonds. The molecule has 0 atom stereocenters. The number of pyridine rings is 1. The SMILES string of the molecule is CCc1nc2ccc(NC(=O)c3cc4cc(F)ccc4n3Cc3cc(C)ccn3)cc2[nH]1. The first-order valence-corrected chi connectivity index (χ1v) is 10.5. The van der Waals surface area contributed by atoms with E-state index in [1.54, 1.807) is 18.3 Å². The number of nitrogens with one attached hydrogen (secondary N) is 2. The summed E-state index contributed by atoms with van der Waals surface area (Å²) in [5.41, 5.74) is 5.51. The molecule has 0 saturated carbocycles. The standard InChI is InChI=1S/C25H22FN5O/c1-3-24-29-20-6-5-18(13-21(20)30-24)28-25(32)23-12-16-11-17(26)4-7-22(16)31(23)14-19-10-15(2)8-9-27-19/h4-13H,3,14H2,1-2H3,(H,28,32)(H,29,30). The van der Waals surface area contributed by atoms with Gasteiger partial charge in [-0.1, -0.05) is 6.92 Å². The van der Waals surface area contributed by atoms with Crippen LogP contribution in [0.4, 0.5) is 10.1 Å². The maximum absolute atomic E-state index is 13.9. The molecule has 32 heavy (non-hydrogen) atoms. The molecule has 0 saturated heterocycles. The first-order chi connectivity index (χ1) is 15.5. The monoisotopic (exact) mass is 427 g/mol. The van der Waals surface area contributed by atoms with E-state index in [1.165, 1.54) is 12.1 Å². The predicted octanol–water partition coefficient (Wildman–Crippen LogP) is 5.22. The normalized spacial score (nSPS) is 11.3. The number of carbonyl (C=O) groups is 1. The third-order valence-corrected chi connectivity index (χ3v) is 5.51. The summed E-state index contributed by atoms with van der Waals surface area (Å²) in [6.07, 6.45) is 2.56. The number of carbonyl (C=O) groups excluding carboxylic acids is 1. The average molecular weight is 427 g/mol. The minimum atomic E-state index is -0.341. The molecule has 0 aliphatic rings. The van der Waals surface area contributed by atoms with Gasteiger partial charge >= 0.3 is 0 Å². The van der Waals surface area contributed by atoms with Crippen LogP contribution >= 0.6 is 0 Å². The van der Waals surface area contributed by atoms with E-state index in [0.717, 1.165) is 40.1 Å². The molecule has 2 N–H and O–H groups in total. The Bertz CT molecular complexity index is 1470. The Labute approximate surface area is 184 Å². The molecule has 6 nitrogen and oxygen atoms in total. The number of imidazole rings is 1. The topological polar surface area (TPSA) is 75.6 Å². The second kappa shape index (κ2) is 7.92. The summed E-state index contributed by atoms with van der Waals surface area (Å²) in [6, 6.07) is 15.7. The lowest BCUT2D eigenvalue weighted by molar-refractivity contribution is 0.101. The van der Waals surface area contributed by atoms with Crippen molar-refractivity contribution in [1.29, 1.82) is 0 Å². The number of halogens is 1. The lowest BCUT2D eigenvalue weighted by Crippen LogP contribution is -2.17. The molecule has 3 aromatic heterocycles. The third kappa shape index (κ3) is 3.73. The van der Waals surface area contributed by atoms with Crippen LogP contribution in [0.2, 0.25) is 0 Å². The number of H-pyrrole nitrogens is 1. The predicted molar refractivity (Wildman–Crippen MR) is 123 cm³/mol. The number of anilines is 1. The van der Waals surface area contributed by atoms with Crippen molar-refractivity contribution < 1.29 is 9.18 Å². The number of aromatic amines is 1. The molecule has 7 heteroatoms. The van der Waals surface area contributed by atoms with Gasteiger partial charge in [0.15, 0.2) is 0 Å². The van der Waals surface area contributed by atoms with Crippen LogP contribution in [0.5, 0.6) is 0 Å². The maximum Gasteiger partial charge on any atom is 0.272 e. The van der Waals surface area contributed by atoms with Crippen molar-refractivity contribution in [1.82, 2.24) is 19.5 Å². The van der Waals surface area contributed by atoms with E-state index in [1.807, 2.05) is 48.7 Å². The molecule has 3 heterocycles. The molecule has 2 aromatic carbocycles. The van der Waals surface area contributed by atoms with Gasteiger partial charge in [-0.25, -0.2) is 9.37 Å². The van der Waals surface area contributed by atoms with Crippen molar-refractivity contribution in [3.63, 3.8) is 0 Å². The molecule has 0 spiro atoms. The highest BCUT2D eigenvalue weighted by molar-refractivity contribution is 6.07. The Morgan fingerprint density at radius 2 is 2.00 bits per heavy atom. The van der Waals surface area contributed by atoms with Crippen LogP contribution in [0.15, 0.2) is 60.8 Å². The van der Waals surface area contributed by atoms with Crippen LogP contribution in [0.3, 0.4) is 0 Å². The summed E-state index contributed by atoms with van der Waals surface area (Å²) in [4.78, 5) is 25.5. The first-order valence-electron chi connectivity index (χ1n) is 10.5. The lowest BCUT2D eigenvalue weighted by Gasteiger charge is -2.11. The van der Waals surface area contributed by atoms with Gasteiger partial charge in [0, 0.05) is 29.2 Å². The van der Waals surface area contributed by atoms with E-state index >= 15 is 0 Å². The van der Waals surface area contributed by atoms with Crippen LogP contribution < -0.4 is 5.32 Å². The Hall–Kier alpha value is -4.00. The van der Waals surface area contributed by atoms with E-state index in [-0.39, 0.29) is 11.7 Å². The van der Waals surface area contributed by atoms with Gasteiger partial charge in [0.25, 0.3) is 5.91 Å². The van der Waals surface area contributed by atoms with Crippen LogP contribution in [-0.2, 0) is 13.0 Å². The van der Waals surface area contributed by atoms with E-state index in [9.17, 15) is 9.18 Å².